The average molecular weight is 352 g/mol. The predicted molar refractivity (Wildman–Crippen MR) is 95.6 cm³/mol. The van der Waals surface area contributed by atoms with Crippen molar-refractivity contribution < 1.29 is 9.53 Å². The van der Waals surface area contributed by atoms with Crippen molar-refractivity contribution in [3.05, 3.63) is 24.3 Å². The third-order valence-corrected chi connectivity index (χ3v) is 5.00. The Kier molecular flexibility index (Phi) is 6.66. The number of thioether (sulfide) groups is 1. The van der Waals surface area contributed by atoms with Crippen molar-refractivity contribution in [3.63, 3.8) is 0 Å². The molecular formula is C15H20N4O2S2. The van der Waals surface area contributed by atoms with Gasteiger partial charge in [0, 0.05) is 12.2 Å². The number of ether oxygens (including phenoxy) is 1. The van der Waals surface area contributed by atoms with E-state index in [1.165, 1.54) is 23.1 Å². The van der Waals surface area contributed by atoms with Crippen LogP contribution >= 0.6 is 23.1 Å². The minimum Gasteiger partial charge on any atom is -0.497 e. The number of nitrogens with one attached hydrogen (secondary N) is 2. The Morgan fingerprint density at radius 2 is 2.09 bits per heavy atom. The molecule has 124 valence electrons. The molecule has 0 aliphatic heterocycles. The molecule has 0 spiro atoms. The Bertz CT molecular complexity index is 631. The lowest BCUT2D eigenvalue weighted by Gasteiger charge is -2.10. The molecule has 2 rings (SSSR count). The first kappa shape index (κ1) is 17.6. The predicted octanol–water partition coefficient (Wildman–Crippen LogP) is 3.49. The van der Waals surface area contributed by atoms with E-state index in [2.05, 4.69) is 27.8 Å². The molecule has 0 aliphatic carbocycles. The lowest BCUT2D eigenvalue weighted by molar-refractivity contribution is -0.115. The van der Waals surface area contributed by atoms with Gasteiger partial charge in [-0.1, -0.05) is 30.0 Å². The molecule has 23 heavy (non-hydrogen) atoms. The molecule has 1 heterocycles. The van der Waals surface area contributed by atoms with Crippen LogP contribution in [0.15, 0.2) is 28.6 Å². The minimum absolute atomic E-state index is 0.0709. The van der Waals surface area contributed by atoms with E-state index < -0.39 is 0 Å². The third-order valence-electron chi connectivity index (χ3n) is 2.94. The van der Waals surface area contributed by atoms with Crippen LogP contribution in [0.4, 0.5) is 10.8 Å². The summed E-state index contributed by atoms with van der Waals surface area (Å²) in [5.41, 5.74) is 0.741. The van der Waals surface area contributed by atoms with E-state index in [-0.39, 0.29) is 11.2 Å². The minimum atomic E-state index is -0.260. The van der Waals surface area contributed by atoms with Crippen LogP contribution in [0.1, 0.15) is 20.3 Å². The van der Waals surface area contributed by atoms with Crippen LogP contribution in [0, 0.1) is 0 Å². The number of benzene rings is 1. The highest BCUT2D eigenvalue weighted by Gasteiger charge is 2.17. The molecule has 1 amide bonds. The van der Waals surface area contributed by atoms with Crippen molar-refractivity contribution in [2.75, 3.05) is 24.3 Å². The fraction of sp³-hybridized carbons (Fsp3) is 0.400. The molecule has 1 aromatic carbocycles. The smallest absolute Gasteiger partial charge is 0.237 e. The number of nitrogens with zero attached hydrogens (tertiary/aromatic N) is 2. The van der Waals surface area contributed by atoms with E-state index >= 15 is 0 Å². The van der Waals surface area contributed by atoms with Gasteiger partial charge in [0.15, 0.2) is 4.34 Å². The molecule has 0 aliphatic rings. The van der Waals surface area contributed by atoms with Crippen molar-refractivity contribution in [3.8, 4) is 5.75 Å². The summed E-state index contributed by atoms with van der Waals surface area (Å²) in [5, 5.41) is 14.7. The average Bonchev–Trinajstić information content (AvgIpc) is 3.01. The largest absolute Gasteiger partial charge is 0.497 e. The second kappa shape index (κ2) is 8.73. The van der Waals surface area contributed by atoms with Gasteiger partial charge in [0.05, 0.1) is 12.4 Å². The second-order valence-electron chi connectivity index (χ2n) is 4.78. The van der Waals surface area contributed by atoms with Crippen molar-refractivity contribution >= 4 is 39.8 Å². The van der Waals surface area contributed by atoms with E-state index in [4.69, 9.17) is 4.74 Å². The summed E-state index contributed by atoms with van der Waals surface area (Å²) in [6.45, 7) is 4.81. The number of methoxy groups -OCH3 is 1. The maximum absolute atomic E-state index is 12.2. The number of rotatable bonds is 8. The van der Waals surface area contributed by atoms with Crippen molar-refractivity contribution in [2.24, 2.45) is 0 Å². The van der Waals surface area contributed by atoms with Crippen LogP contribution in [0.2, 0.25) is 0 Å². The van der Waals surface area contributed by atoms with Gasteiger partial charge in [-0.2, -0.15) is 0 Å². The summed E-state index contributed by atoms with van der Waals surface area (Å²) in [5.74, 6) is 0.685. The van der Waals surface area contributed by atoms with Gasteiger partial charge in [-0.05, 0) is 37.6 Å². The summed E-state index contributed by atoms with van der Waals surface area (Å²) in [6, 6.07) is 7.24. The van der Waals surface area contributed by atoms with E-state index in [0.717, 1.165) is 33.9 Å². The number of hydrogen-bond acceptors (Lipinski definition) is 7. The van der Waals surface area contributed by atoms with Crippen LogP contribution in [0.3, 0.4) is 0 Å². The summed E-state index contributed by atoms with van der Waals surface area (Å²) in [4.78, 5) is 12.2. The zero-order valence-corrected chi connectivity index (χ0v) is 15.0. The maximum atomic E-state index is 12.2. The molecule has 6 nitrogen and oxygen atoms in total. The molecule has 0 unspecified atom stereocenters. The molecule has 2 aromatic rings. The highest BCUT2D eigenvalue weighted by Crippen LogP contribution is 2.29. The van der Waals surface area contributed by atoms with E-state index in [1.54, 1.807) is 7.11 Å². The normalized spacial score (nSPS) is 11.8. The number of hydrogen-bond donors (Lipinski definition) is 2. The van der Waals surface area contributed by atoms with Crippen LogP contribution in [0.25, 0.3) is 0 Å². The van der Waals surface area contributed by atoms with Crippen LogP contribution in [-0.4, -0.2) is 35.0 Å². The molecule has 0 radical (unpaired) electrons. The van der Waals surface area contributed by atoms with Gasteiger partial charge in [0.1, 0.15) is 5.75 Å². The second-order valence-corrected chi connectivity index (χ2v) is 7.34. The number of carbonyl (C=O) groups is 1. The van der Waals surface area contributed by atoms with Crippen LogP contribution in [-0.2, 0) is 4.79 Å². The third kappa shape index (κ3) is 5.40. The lowest BCUT2D eigenvalue weighted by Crippen LogP contribution is -2.22. The van der Waals surface area contributed by atoms with Crippen molar-refractivity contribution in [2.45, 2.75) is 29.9 Å². The van der Waals surface area contributed by atoms with E-state index in [9.17, 15) is 4.79 Å². The molecular weight excluding hydrogens is 332 g/mol. The van der Waals surface area contributed by atoms with Crippen molar-refractivity contribution in [1.82, 2.24) is 10.2 Å². The molecule has 1 atom stereocenters. The van der Waals surface area contributed by atoms with Crippen molar-refractivity contribution in [1.29, 1.82) is 0 Å². The summed E-state index contributed by atoms with van der Waals surface area (Å²) in [7, 11) is 1.61. The van der Waals surface area contributed by atoms with E-state index in [1.807, 2.05) is 31.2 Å². The summed E-state index contributed by atoms with van der Waals surface area (Å²) >= 11 is 2.86. The van der Waals surface area contributed by atoms with Gasteiger partial charge in [-0.15, -0.1) is 10.2 Å². The van der Waals surface area contributed by atoms with E-state index in [0.29, 0.717) is 0 Å². The molecule has 0 saturated carbocycles. The van der Waals surface area contributed by atoms with Gasteiger partial charge >= 0.3 is 0 Å². The molecule has 8 heteroatoms. The molecule has 0 fully saturated rings. The highest BCUT2D eigenvalue weighted by atomic mass is 32.2. The van der Waals surface area contributed by atoms with Gasteiger partial charge in [-0.25, -0.2) is 0 Å². The number of anilines is 2. The SMILES string of the molecule is CCCNc1nnc(S[C@H](C)C(=O)Nc2ccc(OC)cc2)s1. The zero-order chi connectivity index (χ0) is 16.7. The Morgan fingerprint density at radius 1 is 1.35 bits per heavy atom. The first-order valence-corrected chi connectivity index (χ1v) is 9.01. The zero-order valence-electron chi connectivity index (χ0n) is 13.3. The molecule has 0 bridgehead atoms. The Labute approximate surface area is 144 Å². The topological polar surface area (TPSA) is 76.1 Å². The quantitative estimate of drug-likeness (QED) is 0.708. The number of amides is 1. The van der Waals surface area contributed by atoms with Crippen LogP contribution < -0.4 is 15.4 Å². The fourth-order valence-electron chi connectivity index (χ4n) is 1.68. The van der Waals surface area contributed by atoms with Crippen LogP contribution in [0.5, 0.6) is 5.75 Å². The summed E-state index contributed by atoms with van der Waals surface area (Å²) < 4.78 is 5.87. The number of carbonyl (C=O) groups excluding carboxylic acids is 1. The first-order valence-electron chi connectivity index (χ1n) is 7.31. The Balaban J connectivity index is 1.87. The van der Waals surface area contributed by atoms with Gasteiger partial charge in [0.25, 0.3) is 0 Å². The highest BCUT2D eigenvalue weighted by molar-refractivity contribution is 8.02. The Morgan fingerprint density at radius 3 is 2.74 bits per heavy atom. The molecule has 2 N–H and O–H groups in total. The van der Waals surface area contributed by atoms with Gasteiger partial charge in [-0.3, -0.25) is 4.79 Å². The lowest BCUT2D eigenvalue weighted by atomic mass is 10.3. The Hall–Kier alpha value is -1.80. The maximum Gasteiger partial charge on any atom is 0.237 e. The standard InChI is InChI=1S/C15H20N4O2S2/c1-4-9-16-14-18-19-15(23-14)22-10(2)13(20)17-11-5-7-12(21-3)8-6-11/h5-8,10H,4,9H2,1-3H3,(H,16,18)(H,17,20)/t10-/m1/s1. The van der Waals surface area contributed by atoms with Gasteiger partial charge < -0.3 is 15.4 Å². The fourth-order valence-corrected chi connectivity index (χ4v) is 3.61. The first-order chi connectivity index (χ1) is 11.1. The summed E-state index contributed by atoms with van der Waals surface area (Å²) in [6.07, 6.45) is 1.03. The van der Waals surface area contributed by atoms with Gasteiger partial charge in [0.2, 0.25) is 11.0 Å². The molecule has 1 aromatic heterocycles. The molecule has 0 saturated heterocycles. The monoisotopic (exact) mass is 352 g/mol. The number of aromatic nitrogens is 2.